The van der Waals surface area contributed by atoms with Crippen LogP contribution in [0.4, 0.5) is 11.4 Å². The number of aryl methyl sites for hydroxylation is 1. The number of phenolic OH excluding ortho intramolecular Hbond substituents is 3. The Morgan fingerprint density at radius 2 is 1.38 bits per heavy atom. The normalized spacial score (nSPS) is 30.1. The first kappa shape index (κ1) is 38.3. The summed E-state index contributed by atoms with van der Waals surface area (Å²) in [7, 11) is 0. The predicted octanol–water partition coefficient (Wildman–Crippen LogP) is -1.97. The molecule has 13 N–H and O–H groups in total. The van der Waals surface area contributed by atoms with Crippen molar-refractivity contribution >= 4 is 35.5 Å². The van der Waals surface area contributed by atoms with Crippen LogP contribution in [0.3, 0.4) is 0 Å². The van der Waals surface area contributed by atoms with E-state index in [0.717, 1.165) is 35.4 Å². The maximum Gasteiger partial charge on any atom is 0.333 e. The average molecular weight is 709 g/mol. The second kappa shape index (κ2) is 16.0. The van der Waals surface area contributed by atoms with Gasteiger partial charge >= 0.3 is 11.9 Å². The van der Waals surface area contributed by atoms with E-state index in [9.17, 15) is 55.5 Å². The molecule has 0 spiro atoms. The third kappa shape index (κ3) is 8.27. The number of aliphatic hydroxyl groups excluding tert-OH is 6. The molecular formula is C32H40N2O16. The second-order valence-corrected chi connectivity index (χ2v) is 11.7. The number of hydrogen-bond donors (Lipinski definition) is 11. The van der Waals surface area contributed by atoms with Crippen molar-refractivity contribution in [2.24, 2.45) is 0 Å². The molecule has 2 saturated heterocycles. The maximum atomic E-state index is 13.0. The lowest BCUT2D eigenvalue weighted by Gasteiger charge is -2.46. The Balaban J connectivity index is 1.60. The third-order valence-corrected chi connectivity index (χ3v) is 8.28. The van der Waals surface area contributed by atoms with Crippen LogP contribution in [-0.2, 0) is 33.3 Å². The zero-order valence-corrected chi connectivity index (χ0v) is 26.8. The summed E-state index contributed by atoms with van der Waals surface area (Å²) in [6.45, 7) is 1.92. The minimum absolute atomic E-state index is 0.119. The highest BCUT2D eigenvalue weighted by Gasteiger charge is 2.53. The summed E-state index contributed by atoms with van der Waals surface area (Å²) in [4.78, 5) is 25.8. The predicted molar refractivity (Wildman–Crippen MR) is 171 cm³/mol. The molecular weight excluding hydrogens is 668 g/mol. The average Bonchev–Trinajstić information content (AvgIpc) is 3.08. The van der Waals surface area contributed by atoms with Crippen LogP contribution in [-0.4, -0.2) is 133 Å². The fourth-order valence-electron chi connectivity index (χ4n) is 5.25. The number of aromatic hydroxyl groups is 3. The van der Waals surface area contributed by atoms with Crippen LogP contribution in [0.1, 0.15) is 22.3 Å². The second-order valence-electron chi connectivity index (χ2n) is 11.7. The largest absolute Gasteiger partial charge is 0.504 e. The van der Waals surface area contributed by atoms with Gasteiger partial charge in [-0.2, -0.15) is 0 Å². The number of aliphatic hydroxyl groups is 6. The Kier molecular flexibility index (Phi) is 12.3. The Hall–Kier alpha value is -4.50. The standard InChI is InChI=1S/C32H40N2O16/c1-12-7-14(8-16(33)13(12)2)3-5-21(39)49-32-28(45)30(50-31-27(44)26(43)24(41)18(10-35)46-31)29(19(11-36)47-32)48-20(38)6-4-15-9-17(37)23(40)25(42)22(15)34/h3-9,18-19,24,26-32,35-37,40-45H,10-11,33-34H2,1-2H3/b5-3+,6-4+/t18-,19+,24-,26-,27+,28+,29+,30-,31+,32-/m0/s1. The number of ether oxygens (including phenoxy) is 5. The molecule has 0 radical (unpaired) electrons. The lowest BCUT2D eigenvalue weighted by atomic mass is 9.96. The molecule has 18 nitrogen and oxygen atoms in total. The number of benzene rings is 2. The SMILES string of the molecule is Cc1cc(/C=C/C(=O)O[C@@H]2O[C@H](CO)[C@@H](OC(=O)/C=C/c3cc(O)c(O)c(O)c3N)[C@@H](O[C@H]3O[C@@H](CO)[C@H](O)[C@H](O)[C@H]3O)[C@H]2O)cc(N)c1C. The molecule has 10 atom stereocenters. The van der Waals surface area contributed by atoms with Crippen molar-refractivity contribution in [3.05, 3.63) is 52.6 Å². The fourth-order valence-corrected chi connectivity index (χ4v) is 5.25. The summed E-state index contributed by atoms with van der Waals surface area (Å²) in [5.74, 6) is -4.72. The van der Waals surface area contributed by atoms with Crippen molar-refractivity contribution in [2.75, 3.05) is 24.7 Å². The van der Waals surface area contributed by atoms with Crippen molar-refractivity contribution in [3.8, 4) is 17.2 Å². The third-order valence-electron chi connectivity index (χ3n) is 8.28. The molecule has 2 aromatic carbocycles. The van der Waals surface area contributed by atoms with Crippen LogP contribution in [0.2, 0.25) is 0 Å². The quantitative estimate of drug-likeness (QED) is 0.0419. The van der Waals surface area contributed by atoms with E-state index in [4.69, 9.17) is 35.2 Å². The van der Waals surface area contributed by atoms with Gasteiger partial charge in [-0.3, -0.25) is 0 Å². The van der Waals surface area contributed by atoms with Gasteiger partial charge in [-0.15, -0.1) is 0 Å². The van der Waals surface area contributed by atoms with Gasteiger partial charge < -0.3 is 81.1 Å². The van der Waals surface area contributed by atoms with Gasteiger partial charge in [0.05, 0.1) is 18.9 Å². The summed E-state index contributed by atoms with van der Waals surface area (Å²) < 4.78 is 27.4. The van der Waals surface area contributed by atoms with Crippen molar-refractivity contribution in [2.45, 2.75) is 75.3 Å². The van der Waals surface area contributed by atoms with Crippen LogP contribution in [0.5, 0.6) is 17.2 Å². The molecule has 2 aromatic rings. The molecule has 0 aromatic heterocycles. The molecule has 50 heavy (non-hydrogen) atoms. The summed E-state index contributed by atoms with van der Waals surface area (Å²) in [5.41, 5.74) is 14.0. The van der Waals surface area contributed by atoms with Crippen LogP contribution in [0, 0.1) is 13.8 Å². The molecule has 18 heteroatoms. The van der Waals surface area contributed by atoms with E-state index in [0.29, 0.717) is 11.3 Å². The van der Waals surface area contributed by atoms with Crippen molar-refractivity contribution in [1.29, 1.82) is 0 Å². The maximum absolute atomic E-state index is 13.0. The first-order chi connectivity index (χ1) is 23.6. The van der Waals surface area contributed by atoms with E-state index < -0.39 is 110 Å². The Labute approximate surface area is 284 Å². The number of anilines is 2. The number of nitrogen functional groups attached to an aromatic ring is 2. The number of rotatable bonds is 10. The highest BCUT2D eigenvalue weighted by Crippen LogP contribution is 2.42. The summed E-state index contributed by atoms with van der Waals surface area (Å²) in [6.07, 6.45) is -13.8. The molecule has 2 fully saturated rings. The molecule has 0 aliphatic carbocycles. The highest BCUT2D eigenvalue weighted by molar-refractivity contribution is 5.90. The summed E-state index contributed by atoms with van der Waals surface area (Å²) in [5, 5.41) is 91.4. The van der Waals surface area contributed by atoms with E-state index in [1.165, 1.54) is 6.08 Å². The number of nitrogens with two attached hydrogens (primary N) is 2. The van der Waals surface area contributed by atoms with Gasteiger partial charge in [0.15, 0.2) is 23.9 Å². The van der Waals surface area contributed by atoms with Gasteiger partial charge in [-0.25, -0.2) is 9.59 Å². The minimum Gasteiger partial charge on any atom is -0.504 e. The van der Waals surface area contributed by atoms with Crippen molar-refractivity contribution in [1.82, 2.24) is 0 Å². The first-order valence-electron chi connectivity index (χ1n) is 15.2. The Morgan fingerprint density at radius 3 is 2.02 bits per heavy atom. The molecule has 2 aliphatic heterocycles. The smallest absolute Gasteiger partial charge is 0.333 e. The van der Waals surface area contributed by atoms with Crippen molar-refractivity contribution in [3.63, 3.8) is 0 Å². The van der Waals surface area contributed by atoms with E-state index in [1.807, 2.05) is 13.8 Å². The van der Waals surface area contributed by atoms with E-state index in [2.05, 4.69) is 0 Å². The molecule has 0 bridgehead atoms. The van der Waals surface area contributed by atoms with Gasteiger partial charge in [0.1, 0.15) is 42.7 Å². The van der Waals surface area contributed by atoms with Crippen LogP contribution in [0.15, 0.2) is 30.4 Å². The number of carbonyl (C=O) groups excluding carboxylic acids is 2. The van der Waals surface area contributed by atoms with Crippen molar-refractivity contribution < 1.29 is 79.2 Å². The zero-order valence-electron chi connectivity index (χ0n) is 26.8. The van der Waals surface area contributed by atoms with Gasteiger partial charge in [-0.05, 0) is 54.8 Å². The monoisotopic (exact) mass is 708 g/mol. The molecule has 4 rings (SSSR count). The molecule has 0 unspecified atom stereocenters. The van der Waals surface area contributed by atoms with Crippen LogP contribution < -0.4 is 11.5 Å². The van der Waals surface area contributed by atoms with Gasteiger partial charge in [0.2, 0.25) is 12.0 Å². The first-order valence-corrected chi connectivity index (χ1v) is 15.2. The Bertz CT molecular complexity index is 1590. The number of esters is 2. The molecule has 2 heterocycles. The minimum atomic E-state index is -2.02. The summed E-state index contributed by atoms with van der Waals surface area (Å²) >= 11 is 0. The number of carbonyl (C=O) groups is 2. The van der Waals surface area contributed by atoms with Gasteiger partial charge in [0, 0.05) is 23.4 Å². The van der Waals surface area contributed by atoms with E-state index in [1.54, 1.807) is 12.1 Å². The highest BCUT2D eigenvalue weighted by atomic mass is 16.8. The van der Waals surface area contributed by atoms with Crippen LogP contribution in [0.25, 0.3) is 12.2 Å². The van der Waals surface area contributed by atoms with Crippen LogP contribution >= 0.6 is 0 Å². The van der Waals surface area contributed by atoms with Gasteiger partial charge in [-0.1, -0.05) is 6.07 Å². The lowest BCUT2D eigenvalue weighted by molar-refractivity contribution is -0.356. The van der Waals surface area contributed by atoms with Gasteiger partial charge in [0.25, 0.3) is 0 Å². The molecule has 0 amide bonds. The zero-order chi connectivity index (χ0) is 37.0. The lowest BCUT2D eigenvalue weighted by Crippen LogP contribution is -2.65. The summed E-state index contributed by atoms with van der Waals surface area (Å²) in [6, 6.07) is 4.33. The fraction of sp³-hybridized carbons (Fsp3) is 0.438. The molecule has 0 saturated carbocycles. The molecule has 2 aliphatic rings. The number of phenols is 3. The number of hydrogen-bond acceptors (Lipinski definition) is 18. The van der Waals surface area contributed by atoms with E-state index >= 15 is 0 Å². The van der Waals surface area contributed by atoms with E-state index in [-0.39, 0.29) is 5.56 Å². The Morgan fingerprint density at radius 1 is 0.760 bits per heavy atom. The molecule has 274 valence electrons. The topological polar surface area (TPSA) is 314 Å².